The van der Waals surface area contributed by atoms with Crippen molar-refractivity contribution in [2.45, 2.75) is 19.8 Å². The zero-order valence-corrected chi connectivity index (χ0v) is 19.4. The summed E-state index contributed by atoms with van der Waals surface area (Å²) in [5.41, 5.74) is 4.42. The van der Waals surface area contributed by atoms with Gasteiger partial charge in [0.05, 0.1) is 16.8 Å². The van der Waals surface area contributed by atoms with Gasteiger partial charge in [0.1, 0.15) is 0 Å². The van der Waals surface area contributed by atoms with E-state index in [2.05, 4.69) is 41.9 Å². The standard InChI is InChI=1S/C27H22BrNO3/c1-17(2)18-7-9-19(10-8-18)25-15-23(22-5-3-4-6-24(22)29-25)27(31)32-16-26(30)20-11-13-21(28)14-12-20/h3-15,17H,16H2,1-2H3. The van der Waals surface area contributed by atoms with Crippen LogP contribution in [0.25, 0.3) is 22.2 Å². The first-order chi connectivity index (χ1) is 15.4. The second-order valence-corrected chi connectivity index (χ2v) is 8.77. The number of rotatable bonds is 6. The fraction of sp³-hybridized carbons (Fsp3) is 0.148. The number of Topliss-reactive ketones (excluding diaryl/α,β-unsaturated/α-hetero) is 1. The van der Waals surface area contributed by atoms with Gasteiger partial charge in [-0.25, -0.2) is 9.78 Å². The minimum Gasteiger partial charge on any atom is -0.454 e. The Bertz CT molecular complexity index is 1280. The quantitative estimate of drug-likeness (QED) is 0.221. The third kappa shape index (κ3) is 4.78. The summed E-state index contributed by atoms with van der Waals surface area (Å²) >= 11 is 3.34. The molecule has 4 nitrogen and oxygen atoms in total. The predicted molar refractivity (Wildman–Crippen MR) is 130 cm³/mol. The van der Waals surface area contributed by atoms with Crippen molar-refractivity contribution in [3.05, 3.63) is 100 Å². The maximum absolute atomic E-state index is 13.0. The van der Waals surface area contributed by atoms with E-state index in [1.807, 2.05) is 36.4 Å². The summed E-state index contributed by atoms with van der Waals surface area (Å²) in [6, 6.07) is 24.3. The lowest BCUT2D eigenvalue weighted by atomic mass is 9.99. The first kappa shape index (κ1) is 21.9. The van der Waals surface area contributed by atoms with Gasteiger partial charge in [-0.2, -0.15) is 0 Å². The summed E-state index contributed by atoms with van der Waals surface area (Å²) in [6.45, 7) is 3.97. The van der Waals surface area contributed by atoms with Crippen LogP contribution in [0.1, 0.15) is 46.0 Å². The Hall–Kier alpha value is -3.31. The molecule has 0 saturated heterocycles. The van der Waals surface area contributed by atoms with Gasteiger partial charge in [0, 0.05) is 21.0 Å². The van der Waals surface area contributed by atoms with Gasteiger partial charge in [0.2, 0.25) is 0 Å². The van der Waals surface area contributed by atoms with Crippen LogP contribution in [0.4, 0.5) is 0 Å². The van der Waals surface area contributed by atoms with Crippen molar-refractivity contribution >= 4 is 38.6 Å². The SMILES string of the molecule is CC(C)c1ccc(-c2cc(C(=O)OCC(=O)c3ccc(Br)cc3)c3ccccc3n2)cc1. The molecule has 0 spiro atoms. The van der Waals surface area contributed by atoms with E-state index in [4.69, 9.17) is 9.72 Å². The Kier molecular flexibility index (Phi) is 6.47. The summed E-state index contributed by atoms with van der Waals surface area (Å²) in [5, 5.41) is 0.691. The summed E-state index contributed by atoms with van der Waals surface area (Å²) in [4.78, 5) is 30.1. The van der Waals surface area contributed by atoms with E-state index >= 15 is 0 Å². The molecule has 0 aliphatic carbocycles. The van der Waals surface area contributed by atoms with E-state index in [9.17, 15) is 9.59 Å². The molecule has 32 heavy (non-hydrogen) atoms. The van der Waals surface area contributed by atoms with E-state index in [1.165, 1.54) is 5.56 Å². The third-order valence-corrected chi connectivity index (χ3v) is 5.84. The monoisotopic (exact) mass is 487 g/mol. The molecule has 0 N–H and O–H groups in total. The molecule has 1 aromatic heterocycles. The molecule has 0 unspecified atom stereocenters. The number of hydrogen-bond donors (Lipinski definition) is 0. The summed E-state index contributed by atoms with van der Waals surface area (Å²) in [5.74, 6) is -0.370. The fourth-order valence-electron chi connectivity index (χ4n) is 3.46. The van der Waals surface area contributed by atoms with Crippen molar-refractivity contribution in [2.24, 2.45) is 0 Å². The number of para-hydroxylation sites is 1. The second-order valence-electron chi connectivity index (χ2n) is 7.86. The summed E-state index contributed by atoms with van der Waals surface area (Å²) in [7, 11) is 0. The normalized spacial score (nSPS) is 11.0. The number of carbonyl (C=O) groups is 2. The van der Waals surface area contributed by atoms with Crippen LogP contribution in [-0.4, -0.2) is 23.3 Å². The van der Waals surface area contributed by atoms with E-state index < -0.39 is 5.97 Å². The Balaban J connectivity index is 1.62. The van der Waals surface area contributed by atoms with Gasteiger partial charge in [0.15, 0.2) is 12.4 Å². The van der Waals surface area contributed by atoms with Gasteiger partial charge in [-0.05, 0) is 35.7 Å². The van der Waals surface area contributed by atoms with Gasteiger partial charge in [0.25, 0.3) is 0 Å². The molecule has 0 atom stereocenters. The fourth-order valence-corrected chi connectivity index (χ4v) is 3.72. The van der Waals surface area contributed by atoms with Gasteiger partial charge in [-0.3, -0.25) is 4.79 Å². The third-order valence-electron chi connectivity index (χ3n) is 5.31. The lowest BCUT2D eigenvalue weighted by molar-refractivity contribution is 0.0476. The molecule has 4 rings (SSSR count). The molecule has 0 aliphatic rings. The number of hydrogen-bond acceptors (Lipinski definition) is 4. The van der Waals surface area contributed by atoms with E-state index in [0.717, 1.165) is 10.0 Å². The molecular weight excluding hydrogens is 466 g/mol. The van der Waals surface area contributed by atoms with Crippen LogP contribution in [0.15, 0.2) is 83.3 Å². The molecule has 0 radical (unpaired) electrons. The molecule has 3 aromatic carbocycles. The number of nitrogens with zero attached hydrogens (tertiary/aromatic N) is 1. The van der Waals surface area contributed by atoms with Crippen LogP contribution in [0, 0.1) is 0 Å². The Morgan fingerprint density at radius 3 is 2.31 bits per heavy atom. The number of fused-ring (bicyclic) bond motifs is 1. The topological polar surface area (TPSA) is 56.3 Å². The molecule has 0 saturated carbocycles. The summed E-state index contributed by atoms with van der Waals surface area (Å²) in [6.07, 6.45) is 0. The van der Waals surface area contributed by atoms with Gasteiger partial charge >= 0.3 is 5.97 Å². The lowest BCUT2D eigenvalue weighted by Gasteiger charge is -2.11. The van der Waals surface area contributed by atoms with Crippen molar-refractivity contribution < 1.29 is 14.3 Å². The number of pyridine rings is 1. The van der Waals surface area contributed by atoms with Crippen molar-refractivity contribution in [2.75, 3.05) is 6.61 Å². The molecule has 1 heterocycles. The molecule has 0 fully saturated rings. The molecule has 0 aliphatic heterocycles. The van der Waals surface area contributed by atoms with Crippen LogP contribution in [0.2, 0.25) is 0 Å². The minimum atomic E-state index is -0.547. The number of halogens is 1. The largest absolute Gasteiger partial charge is 0.454 e. The smallest absolute Gasteiger partial charge is 0.339 e. The maximum atomic E-state index is 13.0. The van der Waals surface area contributed by atoms with Crippen LogP contribution in [0.5, 0.6) is 0 Å². The highest BCUT2D eigenvalue weighted by atomic mass is 79.9. The average molecular weight is 488 g/mol. The molecule has 160 valence electrons. The second kappa shape index (κ2) is 9.45. The minimum absolute atomic E-state index is 0.256. The number of ketones is 1. The lowest BCUT2D eigenvalue weighted by Crippen LogP contribution is -2.15. The van der Waals surface area contributed by atoms with Gasteiger partial charge < -0.3 is 4.74 Å². The first-order valence-corrected chi connectivity index (χ1v) is 11.2. The number of benzene rings is 3. The van der Waals surface area contributed by atoms with Crippen molar-refractivity contribution in [3.63, 3.8) is 0 Å². The Labute approximate surface area is 195 Å². The average Bonchev–Trinajstić information content (AvgIpc) is 2.82. The van der Waals surface area contributed by atoms with Crippen LogP contribution >= 0.6 is 15.9 Å². The van der Waals surface area contributed by atoms with Crippen LogP contribution in [-0.2, 0) is 4.74 Å². The molecule has 0 amide bonds. The Morgan fingerprint density at radius 1 is 0.938 bits per heavy atom. The van der Waals surface area contributed by atoms with Crippen molar-refractivity contribution in [3.8, 4) is 11.3 Å². The summed E-state index contributed by atoms with van der Waals surface area (Å²) < 4.78 is 6.27. The van der Waals surface area contributed by atoms with Crippen LogP contribution < -0.4 is 0 Å². The number of ether oxygens (including phenoxy) is 1. The maximum Gasteiger partial charge on any atom is 0.339 e. The number of carbonyl (C=O) groups excluding carboxylic acids is 2. The highest BCUT2D eigenvalue weighted by molar-refractivity contribution is 9.10. The Morgan fingerprint density at radius 2 is 1.62 bits per heavy atom. The van der Waals surface area contributed by atoms with Gasteiger partial charge in [-0.15, -0.1) is 0 Å². The predicted octanol–water partition coefficient (Wildman–Crippen LogP) is 6.83. The molecular formula is C27H22BrNO3. The number of aromatic nitrogens is 1. The van der Waals surface area contributed by atoms with Crippen molar-refractivity contribution in [1.82, 2.24) is 4.98 Å². The van der Waals surface area contributed by atoms with Crippen LogP contribution in [0.3, 0.4) is 0 Å². The van der Waals surface area contributed by atoms with Crippen molar-refractivity contribution in [1.29, 1.82) is 0 Å². The van der Waals surface area contributed by atoms with Gasteiger partial charge in [-0.1, -0.05) is 84.4 Å². The highest BCUT2D eigenvalue weighted by Gasteiger charge is 2.17. The number of esters is 1. The molecule has 4 aromatic rings. The van der Waals surface area contributed by atoms with E-state index in [-0.39, 0.29) is 12.4 Å². The first-order valence-electron chi connectivity index (χ1n) is 10.4. The zero-order valence-electron chi connectivity index (χ0n) is 17.8. The zero-order chi connectivity index (χ0) is 22.7. The molecule has 5 heteroatoms. The van der Waals surface area contributed by atoms with E-state index in [0.29, 0.717) is 33.6 Å². The highest BCUT2D eigenvalue weighted by Crippen LogP contribution is 2.27. The van der Waals surface area contributed by atoms with E-state index in [1.54, 1.807) is 30.3 Å². The molecule has 0 bridgehead atoms.